The molecule has 2 heterocycles. The van der Waals surface area contributed by atoms with Crippen molar-refractivity contribution in [2.75, 3.05) is 32.8 Å². The predicted molar refractivity (Wildman–Crippen MR) is 92.3 cm³/mol. The van der Waals surface area contributed by atoms with Crippen LogP contribution in [-0.4, -0.2) is 43.6 Å². The van der Waals surface area contributed by atoms with Crippen LogP contribution in [0.4, 0.5) is 8.78 Å². The Morgan fingerprint density at radius 3 is 2.54 bits per heavy atom. The van der Waals surface area contributed by atoms with Crippen molar-refractivity contribution in [3.63, 3.8) is 0 Å². The summed E-state index contributed by atoms with van der Waals surface area (Å²) in [6.07, 6.45) is 0.963. The van der Waals surface area contributed by atoms with Gasteiger partial charge in [-0.3, -0.25) is 4.79 Å². The van der Waals surface area contributed by atoms with Crippen LogP contribution in [0.2, 0.25) is 0 Å². The number of benzene rings is 2. The summed E-state index contributed by atoms with van der Waals surface area (Å²) in [5.74, 6) is -0.768. The highest BCUT2D eigenvalue weighted by molar-refractivity contribution is 5.94. The fourth-order valence-corrected chi connectivity index (χ4v) is 3.70. The highest BCUT2D eigenvalue weighted by Gasteiger charge is 2.25. The van der Waals surface area contributed by atoms with Gasteiger partial charge in [0.1, 0.15) is 23.9 Å². The van der Waals surface area contributed by atoms with Crippen LogP contribution >= 0.6 is 0 Å². The normalized spacial score (nSPS) is 17.1. The van der Waals surface area contributed by atoms with Crippen LogP contribution < -0.4 is 9.64 Å². The number of halogens is 2. The fraction of sp³-hybridized carbons (Fsp3) is 0.350. The molecule has 2 aliphatic heterocycles. The molecular weight excluding hydrogens is 338 g/mol. The Morgan fingerprint density at radius 2 is 1.81 bits per heavy atom. The van der Waals surface area contributed by atoms with Gasteiger partial charge in [0.2, 0.25) is 0 Å². The van der Waals surface area contributed by atoms with Crippen molar-refractivity contribution in [2.24, 2.45) is 0 Å². The van der Waals surface area contributed by atoms with E-state index >= 15 is 0 Å². The molecule has 2 aliphatic rings. The molecule has 0 aliphatic carbocycles. The third-order valence-electron chi connectivity index (χ3n) is 5.08. The van der Waals surface area contributed by atoms with E-state index in [1.54, 1.807) is 4.90 Å². The Bertz CT molecular complexity index is 812. The second kappa shape index (κ2) is 7.03. The number of hydrogen-bond acceptors (Lipinski definition) is 2. The van der Waals surface area contributed by atoms with E-state index in [1.807, 2.05) is 6.07 Å². The molecule has 1 fully saturated rings. The summed E-state index contributed by atoms with van der Waals surface area (Å²) in [6.45, 7) is 4.46. The Balaban J connectivity index is 1.36. The Morgan fingerprint density at radius 1 is 1.08 bits per heavy atom. The van der Waals surface area contributed by atoms with Gasteiger partial charge in [0, 0.05) is 23.6 Å². The van der Waals surface area contributed by atoms with Gasteiger partial charge >= 0.3 is 0 Å². The number of ether oxygens (including phenoxy) is 1. The van der Waals surface area contributed by atoms with Gasteiger partial charge in [-0.2, -0.15) is 0 Å². The standard InChI is InChI=1S/C20H20F2N2O2/c21-17-10-16(11-18(22)12-17)20(25)24-6-4-23(5-7-24)13-14-1-2-19-15(9-14)3-8-26-19/h1-2,9-12H,3-8,13H2/p+1. The first-order valence-electron chi connectivity index (χ1n) is 8.92. The second-order valence-electron chi connectivity index (χ2n) is 6.92. The maximum absolute atomic E-state index is 13.3. The van der Waals surface area contributed by atoms with Crippen LogP contribution in [0.1, 0.15) is 21.5 Å². The van der Waals surface area contributed by atoms with Crippen LogP contribution in [-0.2, 0) is 13.0 Å². The van der Waals surface area contributed by atoms with Crippen molar-refractivity contribution in [1.29, 1.82) is 0 Å². The summed E-state index contributed by atoms with van der Waals surface area (Å²) in [6, 6.07) is 9.32. The van der Waals surface area contributed by atoms with E-state index in [0.29, 0.717) is 13.1 Å². The van der Waals surface area contributed by atoms with Gasteiger partial charge in [-0.15, -0.1) is 0 Å². The van der Waals surface area contributed by atoms with Crippen molar-refractivity contribution in [3.8, 4) is 5.75 Å². The topological polar surface area (TPSA) is 34.0 Å². The molecule has 2 aromatic rings. The van der Waals surface area contributed by atoms with Gasteiger partial charge in [0.05, 0.1) is 32.8 Å². The highest BCUT2D eigenvalue weighted by Crippen LogP contribution is 2.25. The molecule has 4 rings (SSSR count). The number of quaternary nitrogens is 1. The van der Waals surface area contributed by atoms with Gasteiger partial charge in [-0.05, 0) is 35.9 Å². The molecule has 6 heteroatoms. The van der Waals surface area contributed by atoms with Gasteiger partial charge in [0.25, 0.3) is 5.91 Å². The van der Waals surface area contributed by atoms with E-state index in [9.17, 15) is 13.6 Å². The monoisotopic (exact) mass is 359 g/mol. The van der Waals surface area contributed by atoms with Gasteiger partial charge in [-0.1, -0.05) is 0 Å². The molecule has 0 bridgehead atoms. The average Bonchev–Trinajstić information content (AvgIpc) is 3.09. The van der Waals surface area contributed by atoms with Crippen LogP contribution in [0, 0.1) is 11.6 Å². The lowest BCUT2D eigenvalue weighted by Crippen LogP contribution is -3.13. The lowest BCUT2D eigenvalue weighted by Gasteiger charge is -2.32. The number of fused-ring (bicyclic) bond motifs is 1. The van der Waals surface area contributed by atoms with Crippen molar-refractivity contribution >= 4 is 5.91 Å². The third-order valence-corrected chi connectivity index (χ3v) is 5.08. The third kappa shape index (κ3) is 3.55. The zero-order valence-electron chi connectivity index (χ0n) is 14.4. The molecular formula is C20H21F2N2O2+. The molecule has 1 N–H and O–H groups in total. The summed E-state index contributed by atoms with van der Waals surface area (Å²) in [5.41, 5.74) is 2.62. The van der Waals surface area contributed by atoms with Crippen LogP contribution in [0.25, 0.3) is 0 Å². The summed E-state index contributed by atoms with van der Waals surface area (Å²) in [7, 11) is 0. The number of amides is 1. The van der Waals surface area contributed by atoms with E-state index in [-0.39, 0.29) is 11.5 Å². The Kier molecular flexibility index (Phi) is 4.59. The molecule has 26 heavy (non-hydrogen) atoms. The molecule has 1 saturated heterocycles. The SMILES string of the molecule is O=C(c1cc(F)cc(F)c1)N1CC[NH+](Cc2ccc3c(c2)CCO3)CC1. The molecule has 0 atom stereocenters. The average molecular weight is 359 g/mol. The van der Waals surface area contributed by atoms with Gasteiger partial charge in [0.15, 0.2) is 0 Å². The number of rotatable bonds is 3. The first-order valence-corrected chi connectivity index (χ1v) is 8.92. The summed E-state index contributed by atoms with van der Waals surface area (Å²) < 4.78 is 32.2. The molecule has 2 aromatic carbocycles. The summed E-state index contributed by atoms with van der Waals surface area (Å²) in [4.78, 5) is 15.5. The van der Waals surface area contributed by atoms with Crippen LogP contribution in [0.5, 0.6) is 5.75 Å². The molecule has 0 radical (unpaired) electrons. The first kappa shape index (κ1) is 17.0. The molecule has 1 amide bonds. The van der Waals surface area contributed by atoms with E-state index in [1.165, 1.54) is 16.0 Å². The zero-order chi connectivity index (χ0) is 18.1. The number of piperazine rings is 1. The van der Waals surface area contributed by atoms with E-state index in [0.717, 1.165) is 56.6 Å². The van der Waals surface area contributed by atoms with E-state index in [4.69, 9.17) is 4.74 Å². The molecule has 0 spiro atoms. The lowest BCUT2D eigenvalue weighted by atomic mass is 10.1. The van der Waals surface area contributed by atoms with Gasteiger partial charge in [-0.25, -0.2) is 8.78 Å². The second-order valence-corrected chi connectivity index (χ2v) is 6.92. The molecule has 4 nitrogen and oxygen atoms in total. The van der Waals surface area contributed by atoms with Crippen LogP contribution in [0.15, 0.2) is 36.4 Å². The largest absolute Gasteiger partial charge is 0.493 e. The molecule has 0 unspecified atom stereocenters. The quantitative estimate of drug-likeness (QED) is 0.900. The maximum Gasteiger partial charge on any atom is 0.254 e. The van der Waals surface area contributed by atoms with E-state index in [2.05, 4.69) is 12.1 Å². The minimum Gasteiger partial charge on any atom is -0.493 e. The van der Waals surface area contributed by atoms with Gasteiger partial charge < -0.3 is 14.5 Å². The van der Waals surface area contributed by atoms with E-state index < -0.39 is 11.6 Å². The number of carbonyl (C=O) groups excluding carboxylic acids is 1. The Labute approximate surface area is 151 Å². The van der Waals surface area contributed by atoms with Crippen molar-refractivity contribution in [2.45, 2.75) is 13.0 Å². The van der Waals surface area contributed by atoms with Crippen molar-refractivity contribution in [3.05, 3.63) is 64.7 Å². The highest BCUT2D eigenvalue weighted by atomic mass is 19.1. The maximum atomic E-state index is 13.3. The minimum absolute atomic E-state index is 0.0737. The van der Waals surface area contributed by atoms with Crippen molar-refractivity contribution in [1.82, 2.24) is 4.90 Å². The number of hydrogen-bond donors (Lipinski definition) is 1. The number of nitrogens with zero attached hydrogens (tertiary/aromatic N) is 1. The molecule has 0 aromatic heterocycles. The fourth-order valence-electron chi connectivity index (χ4n) is 3.70. The molecule has 136 valence electrons. The van der Waals surface area contributed by atoms with Crippen molar-refractivity contribution < 1.29 is 23.2 Å². The van der Waals surface area contributed by atoms with Crippen LogP contribution in [0.3, 0.4) is 0 Å². The summed E-state index contributed by atoms with van der Waals surface area (Å²) >= 11 is 0. The smallest absolute Gasteiger partial charge is 0.254 e. The lowest BCUT2D eigenvalue weighted by molar-refractivity contribution is -0.917. The number of carbonyl (C=O) groups is 1. The zero-order valence-corrected chi connectivity index (χ0v) is 14.4. The minimum atomic E-state index is -0.724. The number of nitrogens with one attached hydrogen (secondary N) is 1. The Hall–Kier alpha value is -2.47. The first-order chi connectivity index (χ1) is 12.6. The molecule has 0 saturated carbocycles. The predicted octanol–water partition coefficient (Wildman–Crippen LogP) is 1.44. The summed E-state index contributed by atoms with van der Waals surface area (Å²) in [5, 5.41) is 0.